The molecule has 0 amide bonds. The minimum atomic E-state index is 0. The maximum absolute atomic E-state index is 8.95. The van der Waals surface area contributed by atoms with Gasteiger partial charge in [0.05, 0.1) is 26.2 Å². The summed E-state index contributed by atoms with van der Waals surface area (Å²) in [6, 6.07) is 0. The summed E-state index contributed by atoms with van der Waals surface area (Å²) >= 11 is 0. The van der Waals surface area contributed by atoms with Gasteiger partial charge in [0.2, 0.25) is 0 Å². The topological polar surface area (TPSA) is 80.9 Å². The minimum Gasteiger partial charge on any atom is -1.00 e. The summed E-state index contributed by atoms with van der Waals surface area (Å²) < 4.78 is 0.780. The van der Waals surface area contributed by atoms with Crippen molar-refractivity contribution in [2.75, 3.05) is 52.6 Å². The van der Waals surface area contributed by atoms with Crippen LogP contribution in [0.5, 0.6) is 0 Å². The SMILES string of the molecule is OCCC[N+](CCCO)(CCCO)CCCO.[Cl-]. The van der Waals surface area contributed by atoms with E-state index in [9.17, 15) is 0 Å². The van der Waals surface area contributed by atoms with E-state index in [0.717, 1.165) is 56.3 Å². The van der Waals surface area contributed by atoms with Crippen LogP contribution in [0.15, 0.2) is 0 Å². The predicted molar refractivity (Wildman–Crippen MR) is 66.5 cm³/mol. The van der Waals surface area contributed by atoms with E-state index >= 15 is 0 Å². The molecule has 0 aliphatic carbocycles. The molecule has 0 unspecified atom stereocenters. The Morgan fingerprint density at radius 3 is 0.889 bits per heavy atom. The lowest BCUT2D eigenvalue weighted by Crippen LogP contribution is -3.00. The molecule has 0 saturated heterocycles. The van der Waals surface area contributed by atoms with Gasteiger partial charge in [-0.05, 0) is 0 Å². The lowest BCUT2D eigenvalue weighted by molar-refractivity contribution is -0.929. The van der Waals surface area contributed by atoms with Crippen LogP contribution in [-0.2, 0) is 0 Å². The molecule has 0 heterocycles. The van der Waals surface area contributed by atoms with Crippen molar-refractivity contribution in [2.45, 2.75) is 25.7 Å². The quantitative estimate of drug-likeness (QED) is 0.279. The number of rotatable bonds is 12. The van der Waals surface area contributed by atoms with Gasteiger partial charge in [-0.2, -0.15) is 0 Å². The zero-order valence-corrected chi connectivity index (χ0v) is 11.9. The molecule has 0 aliphatic heterocycles. The summed E-state index contributed by atoms with van der Waals surface area (Å²) in [6.45, 7) is 4.03. The van der Waals surface area contributed by atoms with Crippen LogP contribution >= 0.6 is 0 Å². The van der Waals surface area contributed by atoms with Gasteiger partial charge >= 0.3 is 0 Å². The Morgan fingerprint density at radius 1 is 0.500 bits per heavy atom. The Kier molecular flexibility index (Phi) is 15.3. The predicted octanol–water partition coefficient (Wildman–Crippen LogP) is -3.66. The fourth-order valence-corrected chi connectivity index (χ4v) is 2.30. The number of hydrogen-bond donors (Lipinski definition) is 4. The molecule has 0 saturated carbocycles. The van der Waals surface area contributed by atoms with Gasteiger partial charge in [0.25, 0.3) is 0 Å². The number of quaternary nitrogens is 1. The number of aliphatic hydroxyl groups excluding tert-OH is 4. The van der Waals surface area contributed by atoms with E-state index in [-0.39, 0.29) is 38.8 Å². The molecule has 0 aromatic carbocycles. The number of aliphatic hydroxyl groups is 4. The highest BCUT2D eigenvalue weighted by atomic mass is 35.5. The molecular weight excluding hydrogens is 258 g/mol. The molecule has 0 radical (unpaired) electrons. The van der Waals surface area contributed by atoms with E-state index in [2.05, 4.69) is 0 Å². The molecule has 0 atom stereocenters. The number of hydrogen-bond acceptors (Lipinski definition) is 4. The first-order valence-corrected chi connectivity index (χ1v) is 6.53. The van der Waals surface area contributed by atoms with Crippen LogP contribution in [0.2, 0.25) is 0 Å². The van der Waals surface area contributed by atoms with Gasteiger partial charge in [0.1, 0.15) is 0 Å². The second-order valence-corrected chi connectivity index (χ2v) is 4.54. The molecule has 0 bridgehead atoms. The molecule has 112 valence electrons. The highest BCUT2D eigenvalue weighted by Gasteiger charge is 2.25. The Hall–Kier alpha value is 0.0900. The first-order chi connectivity index (χ1) is 8.24. The molecule has 0 aromatic rings. The average Bonchev–Trinajstić information content (AvgIpc) is 2.37. The minimum absolute atomic E-state index is 0. The van der Waals surface area contributed by atoms with Crippen molar-refractivity contribution >= 4 is 0 Å². The third-order valence-electron chi connectivity index (χ3n) is 3.16. The summed E-state index contributed by atoms with van der Waals surface area (Å²) in [7, 11) is 0. The van der Waals surface area contributed by atoms with Gasteiger partial charge < -0.3 is 37.3 Å². The van der Waals surface area contributed by atoms with Crippen molar-refractivity contribution in [1.29, 1.82) is 0 Å². The molecule has 4 N–H and O–H groups in total. The van der Waals surface area contributed by atoms with Crippen molar-refractivity contribution in [3.8, 4) is 0 Å². The molecule has 0 spiro atoms. The lowest BCUT2D eigenvalue weighted by Gasteiger charge is -2.39. The molecule has 0 aromatic heterocycles. The van der Waals surface area contributed by atoms with E-state index in [1.807, 2.05) is 0 Å². The van der Waals surface area contributed by atoms with E-state index < -0.39 is 0 Å². The maximum atomic E-state index is 8.95. The van der Waals surface area contributed by atoms with Crippen molar-refractivity contribution in [3.63, 3.8) is 0 Å². The Morgan fingerprint density at radius 2 is 0.722 bits per heavy atom. The third-order valence-corrected chi connectivity index (χ3v) is 3.16. The van der Waals surface area contributed by atoms with Crippen LogP contribution in [0.3, 0.4) is 0 Å². The van der Waals surface area contributed by atoms with Gasteiger partial charge in [-0.25, -0.2) is 0 Å². The monoisotopic (exact) mass is 285 g/mol. The van der Waals surface area contributed by atoms with E-state index in [0.29, 0.717) is 0 Å². The second-order valence-electron chi connectivity index (χ2n) is 4.54. The Bertz CT molecular complexity index is 135. The van der Waals surface area contributed by atoms with Crippen LogP contribution < -0.4 is 12.4 Å². The molecule has 0 rings (SSSR count). The van der Waals surface area contributed by atoms with Crippen LogP contribution in [0.25, 0.3) is 0 Å². The largest absolute Gasteiger partial charge is 1.00 e. The molecular formula is C12H28ClNO4. The van der Waals surface area contributed by atoms with Crippen molar-refractivity contribution in [1.82, 2.24) is 0 Å². The van der Waals surface area contributed by atoms with E-state index in [1.165, 1.54) is 0 Å². The Balaban J connectivity index is 0. The normalized spacial score (nSPS) is 11.3. The van der Waals surface area contributed by atoms with Crippen molar-refractivity contribution in [3.05, 3.63) is 0 Å². The maximum Gasteiger partial charge on any atom is 0.0808 e. The highest BCUT2D eigenvalue weighted by molar-refractivity contribution is 4.49. The summed E-state index contributed by atoms with van der Waals surface area (Å²) in [6.07, 6.45) is 2.90. The standard InChI is InChI=1S/C12H28NO4.ClH/c14-9-1-5-13(6-2-10-15,7-3-11-16)8-4-12-17;/h14-17H,1-12H2;1H/q+1;/p-1. The first kappa shape index (κ1) is 20.4. The van der Waals surface area contributed by atoms with Gasteiger partial charge in [-0.15, -0.1) is 0 Å². The van der Waals surface area contributed by atoms with Crippen LogP contribution in [0, 0.1) is 0 Å². The second kappa shape index (κ2) is 13.5. The summed E-state index contributed by atoms with van der Waals surface area (Å²) in [5, 5.41) is 35.8. The third kappa shape index (κ3) is 9.08. The van der Waals surface area contributed by atoms with Gasteiger partial charge in [0, 0.05) is 52.1 Å². The summed E-state index contributed by atoms with van der Waals surface area (Å²) in [4.78, 5) is 0. The first-order valence-electron chi connectivity index (χ1n) is 6.53. The molecule has 6 heteroatoms. The average molecular weight is 286 g/mol. The lowest BCUT2D eigenvalue weighted by atomic mass is 10.2. The van der Waals surface area contributed by atoms with Gasteiger partial charge in [-0.3, -0.25) is 0 Å². The molecule has 0 aliphatic rings. The number of nitrogens with zero attached hydrogens (tertiary/aromatic N) is 1. The fraction of sp³-hybridized carbons (Fsp3) is 1.00. The summed E-state index contributed by atoms with van der Waals surface area (Å²) in [5.41, 5.74) is 0. The highest BCUT2D eigenvalue weighted by Crippen LogP contribution is 2.12. The zero-order chi connectivity index (χ0) is 13.0. The zero-order valence-electron chi connectivity index (χ0n) is 11.1. The molecule has 5 nitrogen and oxygen atoms in total. The van der Waals surface area contributed by atoms with E-state index in [4.69, 9.17) is 20.4 Å². The Labute approximate surface area is 116 Å². The molecule has 18 heavy (non-hydrogen) atoms. The van der Waals surface area contributed by atoms with Crippen LogP contribution in [0.1, 0.15) is 25.7 Å². The van der Waals surface area contributed by atoms with Gasteiger partial charge in [-0.1, -0.05) is 0 Å². The van der Waals surface area contributed by atoms with E-state index in [1.54, 1.807) is 0 Å². The van der Waals surface area contributed by atoms with Gasteiger partial charge in [0.15, 0.2) is 0 Å². The number of halogens is 1. The fourth-order valence-electron chi connectivity index (χ4n) is 2.30. The summed E-state index contributed by atoms with van der Waals surface area (Å²) in [5.74, 6) is 0. The smallest absolute Gasteiger partial charge is 0.0808 e. The van der Waals surface area contributed by atoms with Crippen LogP contribution in [-0.4, -0.2) is 77.5 Å². The van der Waals surface area contributed by atoms with Crippen molar-refractivity contribution < 1.29 is 37.3 Å². The van der Waals surface area contributed by atoms with Crippen LogP contribution in [0.4, 0.5) is 0 Å². The van der Waals surface area contributed by atoms with Crippen molar-refractivity contribution in [2.24, 2.45) is 0 Å². The molecule has 0 fully saturated rings.